The van der Waals surface area contributed by atoms with Crippen molar-refractivity contribution in [3.05, 3.63) is 40.2 Å². The van der Waals surface area contributed by atoms with Crippen LogP contribution in [0.4, 0.5) is 17.1 Å². The van der Waals surface area contributed by atoms with E-state index in [4.69, 9.17) is 15.9 Å². The summed E-state index contributed by atoms with van der Waals surface area (Å²) in [5.74, 6) is -0.0227. The molecule has 1 aromatic carbocycles. The van der Waals surface area contributed by atoms with Crippen molar-refractivity contribution in [3.8, 4) is 5.75 Å². The Morgan fingerprint density at radius 1 is 1.33 bits per heavy atom. The smallest absolute Gasteiger partial charge is 0.270 e. The van der Waals surface area contributed by atoms with Crippen molar-refractivity contribution in [1.29, 1.82) is 5.41 Å². The van der Waals surface area contributed by atoms with Crippen molar-refractivity contribution >= 4 is 58.3 Å². The molecular weight excluding hydrogens is 480 g/mol. The SMILES string of the molecule is CN1C(=O)C(C)(C)Oc2cc(NCCC(C)(C)O)c(N=CNC(=O)c3ccc(/C(C=N)=C/N)s3)cc21. The van der Waals surface area contributed by atoms with Crippen LogP contribution in [0.2, 0.25) is 0 Å². The number of fused-ring (bicyclic) bond motifs is 1. The molecule has 192 valence electrons. The highest BCUT2D eigenvalue weighted by Crippen LogP contribution is 2.43. The number of benzene rings is 1. The lowest BCUT2D eigenvalue weighted by Gasteiger charge is -2.37. The maximum Gasteiger partial charge on any atom is 0.270 e. The van der Waals surface area contributed by atoms with Gasteiger partial charge in [-0.2, -0.15) is 0 Å². The minimum Gasteiger partial charge on any atom is -0.476 e. The van der Waals surface area contributed by atoms with Crippen molar-refractivity contribution in [2.24, 2.45) is 10.7 Å². The highest BCUT2D eigenvalue weighted by molar-refractivity contribution is 7.15. The molecule has 1 aliphatic rings. The molecule has 0 atom stereocenters. The van der Waals surface area contributed by atoms with Crippen LogP contribution in [0, 0.1) is 5.41 Å². The number of thiophene rings is 1. The maximum absolute atomic E-state index is 12.7. The Balaban J connectivity index is 1.85. The number of carbonyl (C=O) groups is 2. The Kier molecular flexibility index (Phi) is 7.85. The van der Waals surface area contributed by atoms with Gasteiger partial charge in [0.25, 0.3) is 11.8 Å². The molecule has 0 saturated carbocycles. The molecule has 2 aromatic rings. The van der Waals surface area contributed by atoms with Gasteiger partial charge in [0.1, 0.15) is 5.75 Å². The maximum atomic E-state index is 12.7. The summed E-state index contributed by atoms with van der Waals surface area (Å²) in [5, 5.41) is 23.4. The molecular formula is C25H32N6O4S. The van der Waals surface area contributed by atoms with Crippen molar-refractivity contribution < 1.29 is 19.4 Å². The van der Waals surface area contributed by atoms with Crippen LogP contribution in [0.3, 0.4) is 0 Å². The number of allylic oxidation sites excluding steroid dienone is 1. The summed E-state index contributed by atoms with van der Waals surface area (Å²) in [7, 11) is 1.68. The lowest BCUT2D eigenvalue weighted by atomic mass is 10.0. The van der Waals surface area contributed by atoms with Crippen LogP contribution in [0.5, 0.6) is 5.75 Å². The van der Waals surface area contributed by atoms with E-state index in [1.165, 1.54) is 28.8 Å². The largest absolute Gasteiger partial charge is 0.476 e. The first-order chi connectivity index (χ1) is 16.9. The highest BCUT2D eigenvalue weighted by Gasteiger charge is 2.39. The van der Waals surface area contributed by atoms with E-state index >= 15 is 0 Å². The molecule has 10 nitrogen and oxygen atoms in total. The number of hydrogen-bond donors (Lipinski definition) is 5. The van der Waals surface area contributed by atoms with E-state index in [0.717, 1.165) is 6.21 Å². The number of nitrogens with one attached hydrogen (secondary N) is 3. The second-order valence-corrected chi connectivity index (χ2v) is 10.5. The van der Waals surface area contributed by atoms with Crippen molar-refractivity contribution in [3.63, 3.8) is 0 Å². The van der Waals surface area contributed by atoms with Gasteiger partial charge in [-0.15, -0.1) is 11.3 Å². The Hall–Kier alpha value is -3.70. The molecule has 0 unspecified atom stereocenters. The number of anilines is 2. The number of aliphatic hydroxyl groups is 1. The second-order valence-electron chi connectivity index (χ2n) is 9.46. The number of nitrogens with zero attached hydrogens (tertiary/aromatic N) is 2. The number of carbonyl (C=O) groups excluding carboxylic acids is 2. The molecule has 0 aliphatic carbocycles. The topological polar surface area (TPSA) is 153 Å². The summed E-state index contributed by atoms with van der Waals surface area (Å²) >= 11 is 1.21. The standard InChI is InChI=1S/C25H32N6O4S/c1-24(2,34)8-9-28-17-11-19-18(31(5)23(33)25(3,4)35-19)10-16(17)29-14-30-22(32)21-7-6-20(36-21)15(12-26)13-27/h6-7,10-14,26,28,34H,8-9,27H2,1-5H3,(H,29,30,32)/b15-13+,26-12?. The summed E-state index contributed by atoms with van der Waals surface area (Å²) in [5.41, 5.74) is 5.85. The third-order valence-electron chi connectivity index (χ3n) is 5.52. The van der Waals surface area contributed by atoms with Gasteiger partial charge in [0.05, 0.1) is 33.9 Å². The number of nitrogens with two attached hydrogens (primary N) is 1. The number of ether oxygens (including phenoxy) is 1. The molecule has 6 N–H and O–H groups in total. The Morgan fingerprint density at radius 3 is 2.67 bits per heavy atom. The average Bonchev–Trinajstić information content (AvgIpc) is 3.28. The third kappa shape index (κ3) is 6.10. The summed E-state index contributed by atoms with van der Waals surface area (Å²) in [6.45, 7) is 7.35. The summed E-state index contributed by atoms with van der Waals surface area (Å²) in [6.07, 6.45) is 4.22. The second kappa shape index (κ2) is 10.5. The molecule has 2 heterocycles. The average molecular weight is 513 g/mol. The number of rotatable bonds is 9. The zero-order valence-corrected chi connectivity index (χ0v) is 21.8. The minimum atomic E-state index is -1.01. The monoisotopic (exact) mass is 512 g/mol. The Labute approximate surface area is 214 Å². The van der Waals surface area contributed by atoms with Gasteiger partial charge in [-0.05, 0) is 52.3 Å². The first-order valence-corrected chi connectivity index (χ1v) is 12.2. The van der Waals surface area contributed by atoms with Crippen LogP contribution < -0.4 is 26.0 Å². The van der Waals surface area contributed by atoms with Gasteiger partial charge in [-0.25, -0.2) is 4.99 Å². The van der Waals surface area contributed by atoms with Crippen molar-refractivity contribution in [2.75, 3.05) is 23.8 Å². The number of amides is 2. The summed E-state index contributed by atoms with van der Waals surface area (Å²) < 4.78 is 5.96. The predicted molar refractivity (Wildman–Crippen MR) is 145 cm³/mol. The first kappa shape index (κ1) is 26.9. The van der Waals surface area contributed by atoms with Crippen LogP contribution >= 0.6 is 11.3 Å². The quantitative estimate of drug-likeness (QED) is 0.256. The molecule has 1 aliphatic heterocycles. The molecule has 0 spiro atoms. The van der Waals surface area contributed by atoms with Crippen molar-refractivity contribution in [1.82, 2.24) is 5.32 Å². The van der Waals surface area contributed by atoms with E-state index in [1.54, 1.807) is 59.0 Å². The Bertz CT molecular complexity index is 1230. The lowest BCUT2D eigenvalue weighted by Crippen LogP contribution is -2.50. The summed E-state index contributed by atoms with van der Waals surface area (Å²) in [6, 6.07) is 6.85. The highest BCUT2D eigenvalue weighted by atomic mass is 32.1. The van der Waals surface area contributed by atoms with Crippen LogP contribution in [0.25, 0.3) is 5.57 Å². The zero-order chi connectivity index (χ0) is 26.7. The molecule has 0 bridgehead atoms. The number of hydrogen-bond acceptors (Lipinski definition) is 9. The molecule has 3 rings (SSSR count). The predicted octanol–water partition coefficient (Wildman–Crippen LogP) is 3.49. The molecule has 2 amide bonds. The molecule has 0 saturated heterocycles. The van der Waals surface area contributed by atoms with Crippen molar-refractivity contribution in [2.45, 2.75) is 45.3 Å². The fourth-order valence-electron chi connectivity index (χ4n) is 3.53. The van der Waals surface area contributed by atoms with Gasteiger partial charge in [-0.1, -0.05) is 0 Å². The van der Waals surface area contributed by atoms with E-state index in [0.29, 0.717) is 51.1 Å². The molecule has 11 heteroatoms. The Morgan fingerprint density at radius 2 is 2.03 bits per heavy atom. The van der Waals surface area contributed by atoms with Crippen LogP contribution in [0.1, 0.15) is 48.7 Å². The first-order valence-electron chi connectivity index (χ1n) is 11.3. The zero-order valence-electron chi connectivity index (χ0n) is 21.0. The number of aliphatic imine (C=N–C) groups is 1. The third-order valence-corrected chi connectivity index (χ3v) is 6.66. The molecule has 0 radical (unpaired) electrons. The van der Waals surface area contributed by atoms with E-state index in [2.05, 4.69) is 15.6 Å². The van der Waals surface area contributed by atoms with E-state index < -0.39 is 11.2 Å². The normalized spacial score (nSPS) is 15.4. The minimum absolute atomic E-state index is 0.190. The molecule has 0 fully saturated rings. The van der Waals surface area contributed by atoms with Crippen LogP contribution in [-0.4, -0.2) is 54.3 Å². The fraction of sp³-hybridized carbons (Fsp3) is 0.360. The van der Waals surface area contributed by atoms with Gasteiger partial charge in [0.15, 0.2) is 5.60 Å². The number of likely N-dealkylation sites (N-methyl/N-ethyl adjacent to an activating group) is 1. The van der Waals surface area contributed by atoms with Gasteiger partial charge in [0, 0.05) is 42.5 Å². The lowest BCUT2D eigenvalue weighted by molar-refractivity contribution is -0.132. The molecule has 36 heavy (non-hydrogen) atoms. The van der Waals surface area contributed by atoms with Gasteiger partial charge < -0.3 is 36.5 Å². The van der Waals surface area contributed by atoms with E-state index in [-0.39, 0.29) is 11.8 Å². The van der Waals surface area contributed by atoms with E-state index in [9.17, 15) is 14.7 Å². The van der Waals surface area contributed by atoms with Gasteiger partial charge >= 0.3 is 0 Å². The fourth-order valence-corrected chi connectivity index (χ4v) is 4.44. The van der Waals surface area contributed by atoms with E-state index in [1.807, 2.05) is 0 Å². The summed E-state index contributed by atoms with van der Waals surface area (Å²) in [4.78, 5) is 32.4. The van der Waals surface area contributed by atoms with Gasteiger partial charge in [0.2, 0.25) is 0 Å². The molecule has 1 aromatic heterocycles. The van der Waals surface area contributed by atoms with Crippen LogP contribution in [-0.2, 0) is 4.79 Å². The van der Waals surface area contributed by atoms with Crippen LogP contribution in [0.15, 0.2) is 35.5 Å². The van der Waals surface area contributed by atoms with Gasteiger partial charge in [-0.3, -0.25) is 9.59 Å².